The molecular weight excluding hydrogens is 312 g/mol. The van der Waals surface area contributed by atoms with Crippen molar-refractivity contribution in [1.82, 2.24) is 19.4 Å². The summed E-state index contributed by atoms with van der Waals surface area (Å²) < 4.78 is 8.61. The quantitative estimate of drug-likeness (QED) is 0.854. The highest BCUT2D eigenvalue weighted by molar-refractivity contribution is 5.83. The maximum Gasteiger partial charge on any atom is 0.124 e. The van der Waals surface area contributed by atoms with Crippen molar-refractivity contribution in [1.29, 1.82) is 0 Å². The molecule has 2 unspecified atom stereocenters. The van der Waals surface area contributed by atoms with Crippen molar-refractivity contribution >= 4 is 11.0 Å². The minimum atomic E-state index is 0.556. The largest absolute Gasteiger partial charge is 0.493 e. The van der Waals surface area contributed by atoms with Crippen LogP contribution in [0.2, 0.25) is 0 Å². The van der Waals surface area contributed by atoms with Gasteiger partial charge in [0.1, 0.15) is 11.6 Å². The van der Waals surface area contributed by atoms with Gasteiger partial charge in [-0.1, -0.05) is 0 Å². The molecule has 0 saturated carbocycles. The Morgan fingerprint density at radius 3 is 2.64 bits per heavy atom. The molecule has 0 bridgehead atoms. The van der Waals surface area contributed by atoms with E-state index >= 15 is 0 Å². The highest BCUT2D eigenvalue weighted by Gasteiger charge is 2.28. The lowest BCUT2D eigenvalue weighted by Crippen LogP contribution is -2.32. The van der Waals surface area contributed by atoms with Crippen LogP contribution in [0.4, 0.5) is 0 Å². The maximum atomic E-state index is 6.12. The third-order valence-electron chi connectivity index (χ3n) is 5.48. The predicted octanol–water partition coefficient (Wildman–Crippen LogP) is 2.27. The Labute approximate surface area is 150 Å². The number of nitrogens with zero attached hydrogens (tertiary/aromatic N) is 4. The lowest BCUT2D eigenvalue weighted by atomic mass is 9.94. The number of hydrogen-bond acceptors (Lipinski definition) is 4. The monoisotopic (exact) mass is 342 g/mol. The highest BCUT2D eigenvalue weighted by atomic mass is 16.5. The summed E-state index contributed by atoms with van der Waals surface area (Å²) in [4.78, 5) is 9.51. The van der Waals surface area contributed by atoms with Gasteiger partial charge in [0.25, 0.3) is 0 Å². The molecule has 0 radical (unpaired) electrons. The average molecular weight is 342 g/mol. The van der Waals surface area contributed by atoms with Gasteiger partial charge >= 0.3 is 0 Å². The Bertz CT molecular complexity index is 763. The Morgan fingerprint density at radius 1 is 1.12 bits per heavy atom. The fourth-order valence-electron chi connectivity index (χ4n) is 4.58. The number of ether oxygens (including phenoxy) is 1. The summed E-state index contributed by atoms with van der Waals surface area (Å²) in [6.45, 7) is 4.12. The van der Waals surface area contributed by atoms with Gasteiger partial charge in [-0.2, -0.15) is 0 Å². The van der Waals surface area contributed by atoms with Crippen molar-refractivity contribution in [3.63, 3.8) is 0 Å². The maximum absolute atomic E-state index is 6.12. The van der Waals surface area contributed by atoms with Gasteiger partial charge in [-0.15, -0.1) is 0 Å². The Balaban J connectivity index is 1.71. The summed E-state index contributed by atoms with van der Waals surface area (Å²) in [5.74, 6) is 3.59. The van der Waals surface area contributed by atoms with Crippen LogP contribution in [0.3, 0.4) is 0 Å². The molecule has 0 fully saturated rings. The van der Waals surface area contributed by atoms with Gasteiger partial charge in [0, 0.05) is 37.5 Å². The van der Waals surface area contributed by atoms with E-state index in [0.29, 0.717) is 11.8 Å². The summed E-state index contributed by atoms with van der Waals surface area (Å²) >= 11 is 0. The predicted molar refractivity (Wildman–Crippen MR) is 101 cm³/mol. The van der Waals surface area contributed by atoms with Crippen molar-refractivity contribution in [3.05, 3.63) is 23.5 Å². The van der Waals surface area contributed by atoms with Crippen molar-refractivity contribution in [2.75, 3.05) is 47.9 Å². The summed E-state index contributed by atoms with van der Waals surface area (Å²) in [6.07, 6.45) is 3.42. The van der Waals surface area contributed by atoms with Crippen LogP contribution in [0.15, 0.2) is 12.1 Å². The van der Waals surface area contributed by atoms with Gasteiger partial charge in [0.05, 0.1) is 17.6 Å². The zero-order valence-electron chi connectivity index (χ0n) is 16.0. The summed E-state index contributed by atoms with van der Waals surface area (Å²) in [5, 5.41) is 0. The fourth-order valence-corrected chi connectivity index (χ4v) is 4.58. The van der Waals surface area contributed by atoms with Crippen LogP contribution < -0.4 is 4.74 Å². The van der Waals surface area contributed by atoms with Gasteiger partial charge in [-0.05, 0) is 59.1 Å². The van der Waals surface area contributed by atoms with Crippen molar-refractivity contribution in [2.24, 2.45) is 11.8 Å². The van der Waals surface area contributed by atoms with Crippen molar-refractivity contribution in [2.45, 2.75) is 25.8 Å². The molecule has 0 aliphatic carbocycles. The van der Waals surface area contributed by atoms with E-state index in [9.17, 15) is 0 Å². The Kier molecular flexibility index (Phi) is 4.46. The van der Waals surface area contributed by atoms with Crippen LogP contribution in [0.5, 0.6) is 5.75 Å². The van der Waals surface area contributed by atoms with Gasteiger partial charge < -0.3 is 19.1 Å². The van der Waals surface area contributed by atoms with E-state index in [1.165, 1.54) is 23.3 Å². The molecule has 4 rings (SSSR count). The van der Waals surface area contributed by atoms with Gasteiger partial charge in [0.15, 0.2) is 0 Å². The van der Waals surface area contributed by atoms with E-state index in [1.54, 1.807) is 0 Å². The van der Waals surface area contributed by atoms with Crippen LogP contribution in [0, 0.1) is 11.8 Å². The Morgan fingerprint density at radius 2 is 1.88 bits per heavy atom. The van der Waals surface area contributed by atoms with Crippen LogP contribution in [-0.4, -0.2) is 67.2 Å². The minimum Gasteiger partial charge on any atom is -0.493 e. The number of fused-ring (bicyclic) bond motifs is 5. The second kappa shape index (κ2) is 6.61. The molecule has 25 heavy (non-hydrogen) atoms. The third-order valence-corrected chi connectivity index (χ3v) is 5.48. The molecular formula is C20H30N4O. The lowest BCUT2D eigenvalue weighted by Gasteiger charge is -2.30. The van der Waals surface area contributed by atoms with Crippen LogP contribution in [0.25, 0.3) is 11.0 Å². The van der Waals surface area contributed by atoms with Crippen LogP contribution in [-0.2, 0) is 19.4 Å². The fraction of sp³-hybridized carbons (Fsp3) is 0.650. The standard InChI is InChI=1S/C20H30N4O/c1-22(2)10-14-5-8-19-21-17-6-7-18-16(20(17)24(19)12-14)9-15(13-25-18)11-23(3)4/h6-7,14-15H,5,8-13H2,1-4H3. The van der Waals surface area contributed by atoms with Crippen molar-refractivity contribution in [3.8, 4) is 5.75 Å². The first-order chi connectivity index (χ1) is 12.0. The zero-order chi connectivity index (χ0) is 17.6. The van der Waals surface area contributed by atoms with E-state index in [0.717, 1.165) is 50.3 Å². The number of imidazole rings is 1. The molecule has 1 aromatic carbocycles. The number of benzene rings is 1. The highest BCUT2D eigenvalue weighted by Crippen LogP contribution is 2.36. The average Bonchev–Trinajstić information content (AvgIpc) is 2.92. The number of rotatable bonds is 4. The molecule has 2 aromatic rings. The summed E-state index contributed by atoms with van der Waals surface area (Å²) in [6, 6.07) is 4.27. The van der Waals surface area contributed by atoms with E-state index in [-0.39, 0.29) is 0 Å². The molecule has 5 nitrogen and oxygen atoms in total. The normalized spacial score (nSPS) is 23.0. The Hall–Kier alpha value is -1.59. The molecule has 0 amide bonds. The van der Waals surface area contributed by atoms with Gasteiger partial charge in [-0.25, -0.2) is 4.98 Å². The van der Waals surface area contributed by atoms with Gasteiger partial charge in [0.2, 0.25) is 0 Å². The third kappa shape index (κ3) is 3.27. The summed E-state index contributed by atoms with van der Waals surface area (Å²) in [5.41, 5.74) is 3.85. The van der Waals surface area contributed by atoms with E-state index in [4.69, 9.17) is 9.72 Å². The topological polar surface area (TPSA) is 33.5 Å². The molecule has 1 aromatic heterocycles. The molecule has 3 heterocycles. The molecule has 0 N–H and O–H groups in total. The van der Waals surface area contributed by atoms with Crippen LogP contribution >= 0.6 is 0 Å². The number of aryl methyl sites for hydroxylation is 1. The molecule has 2 aliphatic heterocycles. The lowest BCUT2D eigenvalue weighted by molar-refractivity contribution is 0.189. The SMILES string of the molecule is CN(C)CC1COc2ccc3nc4n(c3c2C1)CC(CN(C)C)CC4. The first-order valence-corrected chi connectivity index (χ1v) is 9.44. The number of aromatic nitrogens is 2. The second-order valence-electron chi connectivity index (χ2n) is 8.36. The first-order valence-electron chi connectivity index (χ1n) is 9.44. The van der Waals surface area contributed by atoms with E-state index < -0.39 is 0 Å². The zero-order valence-corrected chi connectivity index (χ0v) is 16.0. The molecule has 2 aliphatic rings. The smallest absolute Gasteiger partial charge is 0.124 e. The molecule has 2 atom stereocenters. The van der Waals surface area contributed by atoms with E-state index in [1.807, 2.05) is 0 Å². The number of hydrogen-bond donors (Lipinski definition) is 0. The molecule has 5 heteroatoms. The second-order valence-corrected chi connectivity index (χ2v) is 8.36. The molecule has 136 valence electrons. The van der Waals surface area contributed by atoms with Crippen LogP contribution in [0.1, 0.15) is 17.8 Å². The van der Waals surface area contributed by atoms with Gasteiger partial charge in [-0.3, -0.25) is 0 Å². The molecule has 0 spiro atoms. The van der Waals surface area contributed by atoms with Crippen molar-refractivity contribution < 1.29 is 4.74 Å². The summed E-state index contributed by atoms with van der Waals surface area (Å²) in [7, 11) is 8.62. The first kappa shape index (κ1) is 16.9. The minimum absolute atomic E-state index is 0.556. The molecule has 0 saturated heterocycles. The van der Waals surface area contributed by atoms with E-state index in [2.05, 4.69) is 54.7 Å².